The highest BCUT2D eigenvalue weighted by Gasteiger charge is 2.26. The topological polar surface area (TPSA) is 152 Å². The highest BCUT2D eigenvalue weighted by Crippen LogP contribution is 2.31. The molecule has 1 saturated heterocycles. The summed E-state index contributed by atoms with van der Waals surface area (Å²) in [6.07, 6.45) is 7.26. The molecule has 1 amide bonds. The minimum atomic E-state index is -3.21. The number of piperidine rings is 1. The van der Waals surface area contributed by atoms with Crippen molar-refractivity contribution in [1.82, 2.24) is 29.4 Å². The van der Waals surface area contributed by atoms with Gasteiger partial charge in [-0.05, 0) is 44.4 Å². The highest BCUT2D eigenvalue weighted by molar-refractivity contribution is 7.88. The van der Waals surface area contributed by atoms with Gasteiger partial charge in [-0.25, -0.2) is 32.2 Å². The number of halogens is 1. The zero-order chi connectivity index (χ0) is 28.4. The van der Waals surface area contributed by atoms with Crippen molar-refractivity contribution in [3.05, 3.63) is 58.8 Å². The monoisotopic (exact) mass is 571 g/mol. The Morgan fingerprint density at radius 1 is 1.28 bits per heavy atom. The van der Waals surface area contributed by atoms with Crippen LogP contribution in [0.3, 0.4) is 0 Å². The summed E-state index contributed by atoms with van der Waals surface area (Å²) in [6, 6.07) is 5.49. The van der Waals surface area contributed by atoms with Gasteiger partial charge >= 0.3 is 0 Å². The van der Waals surface area contributed by atoms with Gasteiger partial charge in [0.05, 0.1) is 41.0 Å². The summed E-state index contributed by atoms with van der Waals surface area (Å²) in [7, 11) is -3.21. The Hall–Kier alpha value is -3.57. The van der Waals surface area contributed by atoms with Gasteiger partial charge in [0.1, 0.15) is 0 Å². The molecule has 0 unspecified atom stereocenters. The van der Waals surface area contributed by atoms with Crippen LogP contribution in [-0.4, -0.2) is 69.3 Å². The number of nitrogens with zero attached hydrogens (tertiary/aromatic N) is 6. The van der Waals surface area contributed by atoms with Gasteiger partial charge in [-0.3, -0.25) is 10.1 Å². The third-order valence-corrected chi connectivity index (χ3v) is 8.22. The van der Waals surface area contributed by atoms with Crippen LogP contribution in [0.1, 0.15) is 32.3 Å². The standard InChI is InChI=1S/C25H30ClN9O3S/c1-25(2,23(27)36)30-12-16-5-6-21(19(26)11-16)35-15-17(13-31-35)22-20(28-3)14-29-24(33-22)32-18-7-9-34(10-8-18)39(4,37)38/h5-6,11,13-15,18,30H,7-10,12H2,1-2,4H3,(H2,27,36)(H,29,32,33). The number of aromatic nitrogens is 4. The number of hydrogen-bond donors (Lipinski definition) is 3. The lowest BCUT2D eigenvalue weighted by atomic mass is 10.0. The van der Waals surface area contributed by atoms with Crippen molar-refractivity contribution in [2.24, 2.45) is 5.73 Å². The van der Waals surface area contributed by atoms with E-state index in [9.17, 15) is 13.2 Å². The number of rotatable bonds is 9. The molecule has 2 aromatic heterocycles. The summed E-state index contributed by atoms with van der Waals surface area (Å²) >= 11 is 6.56. The lowest BCUT2D eigenvalue weighted by Crippen LogP contribution is -2.50. The van der Waals surface area contributed by atoms with Crippen LogP contribution < -0.4 is 16.4 Å². The summed E-state index contributed by atoms with van der Waals surface area (Å²) in [4.78, 5) is 24.0. The summed E-state index contributed by atoms with van der Waals surface area (Å²) in [5, 5.41) is 11.3. The number of carbonyl (C=O) groups excluding carboxylic acids is 1. The first-order valence-electron chi connectivity index (χ1n) is 12.2. The second-order valence-electron chi connectivity index (χ2n) is 9.92. The molecule has 206 valence electrons. The fourth-order valence-corrected chi connectivity index (χ4v) is 5.25. The van der Waals surface area contributed by atoms with Crippen LogP contribution in [0.25, 0.3) is 21.8 Å². The molecular formula is C25H30ClN9O3S. The van der Waals surface area contributed by atoms with Crippen LogP contribution >= 0.6 is 11.6 Å². The number of nitrogens with two attached hydrogens (primary N) is 1. The molecule has 0 aliphatic carbocycles. The molecule has 0 bridgehead atoms. The molecule has 1 aliphatic heterocycles. The Balaban J connectivity index is 1.50. The number of nitrogens with one attached hydrogen (secondary N) is 2. The molecule has 0 spiro atoms. The highest BCUT2D eigenvalue weighted by atomic mass is 35.5. The van der Waals surface area contributed by atoms with Crippen LogP contribution in [0, 0.1) is 6.57 Å². The number of hydrogen-bond acceptors (Lipinski definition) is 8. The Kier molecular flexibility index (Phi) is 8.22. The maximum atomic E-state index is 11.8. The van der Waals surface area contributed by atoms with E-state index in [1.165, 1.54) is 16.8 Å². The van der Waals surface area contributed by atoms with E-state index in [0.717, 1.165) is 5.56 Å². The molecule has 1 aromatic carbocycles. The number of primary amides is 1. The Morgan fingerprint density at radius 3 is 2.62 bits per heavy atom. The zero-order valence-electron chi connectivity index (χ0n) is 21.8. The molecule has 14 heteroatoms. The van der Waals surface area contributed by atoms with Gasteiger partial charge in [-0.2, -0.15) is 5.10 Å². The summed E-state index contributed by atoms with van der Waals surface area (Å²) in [5.41, 5.74) is 7.38. The zero-order valence-corrected chi connectivity index (χ0v) is 23.4. The van der Waals surface area contributed by atoms with E-state index < -0.39 is 21.5 Å². The summed E-state index contributed by atoms with van der Waals surface area (Å²) in [5.74, 6) is -0.0924. The van der Waals surface area contributed by atoms with Crippen molar-refractivity contribution >= 4 is 39.2 Å². The normalized spacial score (nSPS) is 15.2. The van der Waals surface area contributed by atoms with Gasteiger partial charge in [-0.1, -0.05) is 17.7 Å². The Morgan fingerprint density at radius 2 is 2.00 bits per heavy atom. The lowest BCUT2D eigenvalue weighted by Gasteiger charge is -2.30. The van der Waals surface area contributed by atoms with Crippen molar-refractivity contribution < 1.29 is 13.2 Å². The molecule has 4 N–H and O–H groups in total. The molecule has 1 fully saturated rings. The van der Waals surface area contributed by atoms with Gasteiger partial charge in [0.25, 0.3) is 0 Å². The smallest absolute Gasteiger partial charge is 0.237 e. The molecule has 1 aliphatic rings. The second kappa shape index (κ2) is 11.3. The number of benzene rings is 1. The first-order valence-corrected chi connectivity index (χ1v) is 14.4. The molecule has 3 aromatic rings. The van der Waals surface area contributed by atoms with E-state index >= 15 is 0 Å². The van der Waals surface area contributed by atoms with Gasteiger partial charge in [0, 0.05) is 43.6 Å². The van der Waals surface area contributed by atoms with Gasteiger partial charge in [-0.15, -0.1) is 0 Å². The van der Waals surface area contributed by atoms with E-state index in [1.54, 1.807) is 37.0 Å². The maximum Gasteiger partial charge on any atom is 0.237 e. The third-order valence-electron chi connectivity index (χ3n) is 6.61. The lowest BCUT2D eigenvalue weighted by molar-refractivity contribution is -0.123. The van der Waals surface area contributed by atoms with E-state index in [2.05, 4.69) is 30.5 Å². The quantitative estimate of drug-likeness (QED) is 0.331. The molecule has 3 heterocycles. The van der Waals surface area contributed by atoms with E-state index in [0.29, 0.717) is 60.4 Å². The Labute approximate surface area is 232 Å². The van der Waals surface area contributed by atoms with Crippen LogP contribution in [0.2, 0.25) is 5.02 Å². The minimum Gasteiger partial charge on any atom is -0.368 e. The summed E-state index contributed by atoms with van der Waals surface area (Å²) < 4.78 is 26.6. The number of amides is 1. The van der Waals surface area contributed by atoms with Gasteiger partial charge in [0.15, 0.2) is 0 Å². The van der Waals surface area contributed by atoms with E-state index in [1.807, 2.05) is 12.1 Å². The number of anilines is 1. The molecule has 4 rings (SSSR count). The van der Waals surface area contributed by atoms with Crippen molar-refractivity contribution in [3.63, 3.8) is 0 Å². The number of sulfonamides is 1. The van der Waals surface area contributed by atoms with Crippen molar-refractivity contribution in [2.45, 2.75) is 44.8 Å². The van der Waals surface area contributed by atoms with Crippen LogP contribution in [-0.2, 0) is 21.4 Å². The third kappa shape index (κ3) is 6.72. The summed E-state index contributed by atoms with van der Waals surface area (Å²) in [6.45, 7) is 12.2. The molecular weight excluding hydrogens is 542 g/mol. The molecule has 0 radical (unpaired) electrons. The molecule has 39 heavy (non-hydrogen) atoms. The minimum absolute atomic E-state index is 0.0118. The second-order valence-corrected chi connectivity index (χ2v) is 12.3. The average Bonchev–Trinajstić information content (AvgIpc) is 3.37. The molecule has 0 atom stereocenters. The van der Waals surface area contributed by atoms with Gasteiger partial charge in [0.2, 0.25) is 27.6 Å². The predicted octanol–water partition coefficient (Wildman–Crippen LogP) is 2.72. The van der Waals surface area contributed by atoms with E-state index in [4.69, 9.17) is 23.9 Å². The molecule has 12 nitrogen and oxygen atoms in total. The van der Waals surface area contributed by atoms with Crippen LogP contribution in [0.4, 0.5) is 11.6 Å². The van der Waals surface area contributed by atoms with Crippen molar-refractivity contribution in [1.29, 1.82) is 0 Å². The Bertz CT molecular complexity index is 1520. The van der Waals surface area contributed by atoms with Crippen molar-refractivity contribution in [3.8, 4) is 16.9 Å². The number of carbonyl (C=O) groups is 1. The average molecular weight is 572 g/mol. The fraction of sp³-hybridized carbons (Fsp3) is 0.400. The van der Waals surface area contributed by atoms with Crippen molar-refractivity contribution in [2.75, 3.05) is 24.7 Å². The van der Waals surface area contributed by atoms with E-state index in [-0.39, 0.29) is 11.7 Å². The SMILES string of the molecule is [C-]#[N+]c1cnc(NC2CCN(S(C)(=O)=O)CC2)nc1-c1cnn(-c2ccc(CNC(C)(C)C(N)=O)cc2Cl)c1. The predicted molar refractivity (Wildman–Crippen MR) is 149 cm³/mol. The van der Waals surface area contributed by atoms with Crippen LogP contribution in [0.15, 0.2) is 36.8 Å². The molecule has 0 saturated carbocycles. The first-order chi connectivity index (χ1) is 18.4. The van der Waals surface area contributed by atoms with Gasteiger partial charge < -0.3 is 11.1 Å². The largest absolute Gasteiger partial charge is 0.368 e. The fourth-order valence-electron chi connectivity index (χ4n) is 4.09. The first kappa shape index (κ1) is 28.4. The maximum absolute atomic E-state index is 11.8. The van der Waals surface area contributed by atoms with Crippen LogP contribution in [0.5, 0.6) is 0 Å².